The van der Waals surface area contributed by atoms with Gasteiger partial charge in [0.1, 0.15) is 11.6 Å². The average molecular weight is 286 g/mol. The fraction of sp³-hybridized carbons (Fsp3) is 0.125. The maximum Gasteiger partial charge on any atom is 0.271 e. The van der Waals surface area contributed by atoms with Gasteiger partial charge in [0.05, 0.1) is 12.8 Å². The van der Waals surface area contributed by atoms with E-state index in [-0.39, 0.29) is 5.82 Å². The van der Waals surface area contributed by atoms with Crippen molar-refractivity contribution in [1.29, 1.82) is 0 Å². The lowest BCUT2D eigenvalue weighted by Gasteiger charge is -2.05. The quantitative estimate of drug-likeness (QED) is 0.678. The second kappa shape index (κ2) is 7.19. The molecule has 0 unspecified atom stereocenters. The SMILES string of the molecule is CCOc1ccccc1C=NNC(=O)c1ccc(F)cc1. The van der Waals surface area contributed by atoms with Crippen LogP contribution in [0.1, 0.15) is 22.8 Å². The highest BCUT2D eigenvalue weighted by atomic mass is 19.1. The maximum absolute atomic E-state index is 12.8. The van der Waals surface area contributed by atoms with Crippen molar-refractivity contribution >= 4 is 12.1 Å². The van der Waals surface area contributed by atoms with E-state index in [0.717, 1.165) is 5.56 Å². The molecule has 0 radical (unpaired) electrons. The van der Waals surface area contributed by atoms with E-state index in [1.165, 1.54) is 30.5 Å². The third-order valence-electron chi connectivity index (χ3n) is 2.69. The molecule has 2 aromatic carbocycles. The summed E-state index contributed by atoms with van der Waals surface area (Å²) >= 11 is 0. The van der Waals surface area contributed by atoms with Gasteiger partial charge in [-0.2, -0.15) is 5.10 Å². The van der Waals surface area contributed by atoms with Crippen LogP contribution in [0.3, 0.4) is 0 Å². The fourth-order valence-electron chi connectivity index (χ4n) is 1.70. The zero-order valence-corrected chi connectivity index (χ0v) is 11.5. The van der Waals surface area contributed by atoms with Crippen molar-refractivity contribution in [2.24, 2.45) is 5.10 Å². The van der Waals surface area contributed by atoms with Gasteiger partial charge in [-0.05, 0) is 43.3 Å². The van der Waals surface area contributed by atoms with E-state index in [1.807, 2.05) is 31.2 Å². The van der Waals surface area contributed by atoms with Crippen molar-refractivity contribution in [2.45, 2.75) is 6.92 Å². The molecule has 0 atom stereocenters. The molecule has 2 rings (SSSR count). The van der Waals surface area contributed by atoms with E-state index in [1.54, 1.807) is 0 Å². The van der Waals surface area contributed by atoms with E-state index >= 15 is 0 Å². The molecule has 1 amide bonds. The fourth-order valence-corrected chi connectivity index (χ4v) is 1.70. The number of benzene rings is 2. The summed E-state index contributed by atoms with van der Waals surface area (Å²) < 4.78 is 18.2. The summed E-state index contributed by atoms with van der Waals surface area (Å²) in [6.07, 6.45) is 1.51. The van der Waals surface area contributed by atoms with Crippen LogP contribution in [0.4, 0.5) is 4.39 Å². The Labute approximate surface area is 122 Å². The molecule has 0 aliphatic rings. The van der Waals surface area contributed by atoms with Crippen LogP contribution in [-0.2, 0) is 0 Å². The highest BCUT2D eigenvalue weighted by Crippen LogP contribution is 2.15. The van der Waals surface area contributed by atoms with Crippen molar-refractivity contribution in [3.05, 3.63) is 65.5 Å². The molecule has 0 bridgehead atoms. The summed E-state index contributed by atoms with van der Waals surface area (Å²) in [5.41, 5.74) is 3.49. The first kappa shape index (κ1) is 14.7. The van der Waals surface area contributed by atoms with Crippen LogP contribution in [0.25, 0.3) is 0 Å². The van der Waals surface area contributed by atoms with Crippen LogP contribution in [0.15, 0.2) is 53.6 Å². The number of hydrogen-bond donors (Lipinski definition) is 1. The highest BCUT2D eigenvalue weighted by molar-refractivity contribution is 5.95. The first-order valence-corrected chi connectivity index (χ1v) is 6.51. The molecule has 4 nitrogen and oxygen atoms in total. The van der Waals surface area contributed by atoms with Crippen LogP contribution in [0, 0.1) is 5.82 Å². The molecule has 0 aromatic heterocycles. The van der Waals surface area contributed by atoms with E-state index in [2.05, 4.69) is 10.5 Å². The number of halogens is 1. The number of hydrazone groups is 1. The summed E-state index contributed by atoms with van der Waals surface area (Å²) in [5, 5.41) is 3.88. The van der Waals surface area contributed by atoms with Crippen LogP contribution in [-0.4, -0.2) is 18.7 Å². The summed E-state index contributed by atoms with van der Waals surface area (Å²) in [4.78, 5) is 11.8. The average Bonchev–Trinajstić information content (AvgIpc) is 2.50. The molecule has 0 fully saturated rings. The number of para-hydroxylation sites is 1. The Kier molecular flexibility index (Phi) is 5.04. The Morgan fingerprint density at radius 2 is 1.95 bits per heavy atom. The first-order chi connectivity index (χ1) is 10.2. The number of hydrogen-bond acceptors (Lipinski definition) is 3. The smallest absolute Gasteiger partial charge is 0.271 e. The number of ether oxygens (including phenoxy) is 1. The highest BCUT2D eigenvalue weighted by Gasteiger charge is 2.04. The Bertz CT molecular complexity index is 639. The predicted octanol–water partition coefficient (Wildman–Crippen LogP) is 2.99. The Balaban J connectivity index is 2.02. The van der Waals surface area contributed by atoms with Gasteiger partial charge in [0.15, 0.2) is 0 Å². The van der Waals surface area contributed by atoms with E-state index < -0.39 is 5.91 Å². The minimum Gasteiger partial charge on any atom is -0.493 e. The Morgan fingerprint density at radius 1 is 1.24 bits per heavy atom. The molecular formula is C16H15FN2O2. The van der Waals surface area contributed by atoms with E-state index in [4.69, 9.17) is 4.74 Å². The maximum atomic E-state index is 12.8. The van der Waals surface area contributed by atoms with Gasteiger partial charge in [0.25, 0.3) is 5.91 Å². The minimum absolute atomic E-state index is 0.339. The van der Waals surface area contributed by atoms with Crippen LogP contribution in [0.5, 0.6) is 5.75 Å². The van der Waals surface area contributed by atoms with Gasteiger partial charge in [0.2, 0.25) is 0 Å². The molecule has 2 aromatic rings. The van der Waals surface area contributed by atoms with Crippen LogP contribution >= 0.6 is 0 Å². The van der Waals surface area contributed by atoms with Gasteiger partial charge in [-0.15, -0.1) is 0 Å². The molecule has 21 heavy (non-hydrogen) atoms. The summed E-state index contributed by atoms with van der Waals surface area (Å²) in [5.74, 6) is -0.0967. The van der Waals surface area contributed by atoms with Crippen molar-refractivity contribution in [2.75, 3.05) is 6.61 Å². The number of carbonyl (C=O) groups is 1. The van der Waals surface area contributed by atoms with Crippen molar-refractivity contribution < 1.29 is 13.9 Å². The number of amides is 1. The van der Waals surface area contributed by atoms with Crippen molar-refractivity contribution in [1.82, 2.24) is 5.43 Å². The van der Waals surface area contributed by atoms with Gasteiger partial charge in [-0.1, -0.05) is 12.1 Å². The molecule has 0 saturated heterocycles. The number of carbonyl (C=O) groups excluding carboxylic acids is 1. The summed E-state index contributed by atoms with van der Waals surface area (Å²) in [6.45, 7) is 2.44. The number of nitrogens with one attached hydrogen (secondary N) is 1. The lowest BCUT2D eigenvalue weighted by atomic mass is 10.2. The lowest BCUT2D eigenvalue weighted by molar-refractivity contribution is 0.0955. The second-order valence-corrected chi connectivity index (χ2v) is 4.18. The van der Waals surface area contributed by atoms with Gasteiger partial charge < -0.3 is 4.74 Å². The minimum atomic E-state index is -0.403. The normalized spacial score (nSPS) is 10.6. The van der Waals surface area contributed by atoms with E-state index in [0.29, 0.717) is 17.9 Å². The molecule has 0 aliphatic heterocycles. The van der Waals surface area contributed by atoms with Crippen molar-refractivity contribution in [3.63, 3.8) is 0 Å². The molecular weight excluding hydrogens is 271 g/mol. The zero-order chi connectivity index (χ0) is 15.1. The second-order valence-electron chi connectivity index (χ2n) is 4.18. The molecule has 0 aliphatic carbocycles. The standard InChI is InChI=1S/C16H15FN2O2/c1-2-21-15-6-4-3-5-13(15)11-18-19-16(20)12-7-9-14(17)10-8-12/h3-11H,2H2,1H3,(H,19,20). The third-order valence-corrected chi connectivity index (χ3v) is 2.69. The molecule has 0 saturated carbocycles. The number of rotatable bonds is 5. The van der Waals surface area contributed by atoms with Gasteiger partial charge >= 0.3 is 0 Å². The summed E-state index contributed by atoms with van der Waals surface area (Å²) in [7, 11) is 0. The Hall–Kier alpha value is -2.69. The third kappa shape index (κ3) is 4.14. The van der Waals surface area contributed by atoms with Crippen LogP contribution in [0.2, 0.25) is 0 Å². The van der Waals surface area contributed by atoms with Crippen LogP contribution < -0.4 is 10.2 Å². The van der Waals surface area contributed by atoms with Gasteiger partial charge in [-0.25, -0.2) is 9.82 Å². The van der Waals surface area contributed by atoms with E-state index in [9.17, 15) is 9.18 Å². The lowest BCUT2D eigenvalue weighted by Crippen LogP contribution is -2.17. The Morgan fingerprint density at radius 3 is 2.67 bits per heavy atom. The molecule has 5 heteroatoms. The first-order valence-electron chi connectivity index (χ1n) is 6.51. The number of nitrogens with zero attached hydrogens (tertiary/aromatic N) is 1. The van der Waals surface area contributed by atoms with Gasteiger partial charge in [-0.3, -0.25) is 4.79 Å². The topological polar surface area (TPSA) is 50.7 Å². The molecule has 108 valence electrons. The molecule has 1 N–H and O–H groups in total. The molecule has 0 heterocycles. The zero-order valence-electron chi connectivity index (χ0n) is 11.5. The van der Waals surface area contributed by atoms with Gasteiger partial charge in [0, 0.05) is 11.1 Å². The monoisotopic (exact) mass is 286 g/mol. The largest absolute Gasteiger partial charge is 0.493 e. The molecule has 0 spiro atoms. The predicted molar refractivity (Wildman–Crippen MR) is 79.1 cm³/mol. The van der Waals surface area contributed by atoms with Crippen molar-refractivity contribution in [3.8, 4) is 5.75 Å². The summed E-state index contributed by atoms with van der Waals surface area (Å²) in [6, 6.07) is 12.6.